The zero-order chi connectivity index (χ0) is 16.3. The Morgan fingerprint density at radius 1 is 1.09 bits per heavy atom. The molecule has 3 nitrogen and oxygen atoms in total. The van der Waals surface area contributed by atoms with Crippen molar-refractivity contribution in [2.75, 3.05) is 0 Å². The second-order valence-corrected chi connectivity index (χ2v) is 6.53. The molecule has 0 radical (unpaired) electrons. The van der Waals surface area contributed by atoms with Crippen molar-refractivity contribution in [3.63, 3.8) is 0 Å². The van der Waals surface area contributed by atoms with Gasteiger partial charge in [0.15, 0.2) is 0 Å². The third-order valence-electron chi connectivity index (χ3n) is 3.29. The summed E-state index contributed by atoms with van der Waals surface area (Å²) < 4.78 is 0. The van der Waals surface area contributed by atoms with E-state index >= 15 is 0 Å². The number of benzene rings is 1. The highest BCUT2D eigenvalue weighted by atomic mass is 35.5. The Kier molecular flexibility index (Phi) is 4.67. The van der Waals surface area contributed by atoms with Crippen LogP contribution in [0.2, 0.25) is 5.02 Å². The SMILES string of the molecule is CC(C)(C)/C(=C\c1ccc(-c2ccc(Cl)cc2)cn1)C(=O)O. The van der Waals surface area contributed by atoms with E-state index in [2.05, 4.69) is 4.98 Å². The van der Waals surface area contributed by atoms with Crippen molar-refractivity contribution < 1.29 is 9.90 Å². The van der Waals surface area contributed by atoms with Crippen molar-refractivity contribution in [3.8, 4) is 11.1 Å². The number of pyridine rings is 1. The normalized spacial score (nSPS) is 12.3. The topological polar surface area (TPSA) is 50.2 Å². The number of hydrogen-bond acceptors (Lipinski definition) is 2. The van der Waals surface area contributed by atoms with Gasteiger partial charge in [-0.1, -0.05) is 50.6 Å². The van der Waals surface area contributed by atoms with Crippen LogP contribution in [0, 0.1) is 5.41 Å². The Balaban J connectivity index is 2.32. The standard InChI is InChI=1S/C18H18ClNO2/c1-18(2,3)16(17(21)22)10-15-9-6-13(11-20-15)12-4-7-14(19)8-5-12/h4-11H,1-3H3,(H,21,22)/b16-10-. The van der Waals surface area contributed by atoms with Crippen molar-refractivity contribution in [1.82, 2.24) is 4.98 Å². The maximum Gasteiger partial charge on any atom is 0.332 e. The molecule has 1 N–H and O–H groups in total. The zero-order valence-corrected chi connectivity index (χ0v) is 13.6. The van der Waals surface area contributed by atoms with Crippen LogP contribution in [0.15, 0.2) is 48.2 Å². The molecule has 2 rings (SSSR count). The molecular weight excluding hydrogens is 298 g/mol. The zero-order valence-electron chi connectivity index (χ0n) is 12.8. The number of carbonyl (C=O) groups is 1. The van der Waals surface area contributed by atoms with E-state index in [9.17, 15) is 9.90 Å². The first-order valence-corrected chi connectivity index (χ1v) is 7.32. The Hall–Kier alpha value is -2.13. The lowest BCUT2D eigenvalue weighted by Crippen LogP contribution is -2.17. The fourth-order valence-electron chi connectivity index (χ4n) is 2.05. The van der Waals surface area contributed by atoms with E-state index in [0.29, 0.717) is 16.3 Å². The molecule has 0 fully saturated rings. The number of nitrogens with zero attached hydrogens (tertiary/aromatic N) is 1. The van der Waals surface area contributed by atoms with Gasteiger partial charge in [-0.05, 0) is 35.3 Å². The quantitative estimate of drug-likeness (QED) is 0.818. The minimum atomic E-state index is -0.920. The largest absolute Gasteiger partial charge is 0.478 e. The van der Waals surface area contributed by atoms with Crippen LogP contribution in [-0.2, 0) is 4.79 Å². The summed E-state index contributed by atoms with van der Waals surface area (Å²) >= 11 is 5.87. The molecule has 1 aromatic carbocycles. The van der Waals surface area contributed by atoms with Gasteiger partial charge in [0, 0.05) is 22.4 Å². The van der Waals surface area contributed by atoms with E-state index in [-0.39, 0.29) is 0 Å². The smallest absolute Gasteiger partial charge is 0.332 e. The summed E-state index contributed by atoms with van der Waals surface area (Å²) in [7, 11) is 0. The fourth-order valence-corrected chi connectivity index (χ4v) is 2.18. The van der Waals surface area contributed by atoms with Crippen LogP contribution < -0.4 is 0 Å². The van der Waals surface area contributed by atoms with Crippen LogP contribution in [0.5, 0.6) is 0 Å². The van der Waals surface area contributed by atoms with Crippen molar-refractivity contribution >= 4 is 23.6 Å². The lowest BCUT2D eigenvalue weighted by atomic mass is 9.86. The lowest BCUT2D eigenvalue weighted by molar-refractivity contribution is -0.133. The molecule has 0 bridgehead atoms. The van der Waals surface area contributed by atoms with Gasteiger partial charge in [-0.15, -0.1) is 0 Å². The second kappa shape index (κ2) is 6.32. The van der Waals surface area contributed by atoms with E-state index in [1.807, 2.05) is 57.2 Å². The summed E-state index contributed by atoms with van der Waals surface area (Å²) in [6, 6.07) is 11.2. The molecule has 0 spiro atoms. The van der Waals surface area contributed by atoms with Gasteiger partial charge in [-0.2, -0.15) is 0 Å². The third kappa shape index (κ3) is 3.95. The maximum absolute atomic E-state index is 11.4. The molecule has 2 aromatic rings. The van der Waals surface area contributed by atoms with Gasteiger partial charge < -0.3 is 5.11 Å². The van der Waals surface area contributed by atoms with Gasteiger partial charge in [-0.25, -0.2) is 4.79 Å². The first-order valence-electron chi connectivity index (χ1n) is 6.95. The van der Waals surface area contributed by atoms with Gasteiger partial charge >= 0.3 is 5.97 Å². The number of halogens is 1. The van der Waals surface area contributed by atoms with Crippen LogP contribution in [0.4, 0.5) is 0 Å². The van der Waals surface area contributed by atoms with Crippen molar-refractivity contribution in [2.24, 2.45) is 5.41 Å². The third-order valence-corrected chi connectivity index (χ3v) is 3.55. The number of aliphatic carboxylic acids is 1. The Morgan fingerprint density at radius 3 is 2.14 bits per heavy atom. The van der Waals surface area contributed by atoms with E-state index in [4.69, 9.17) is 11.6 Å². The van der Waals surface area contributed by atoms with Crippen molar-refractivity contribution in [1.29, 1.82) is 0 Å². The molecule has 0 aliphatic heterocycles. The molecule has 0 aliphatic carbocycles. The molecule has 0 saturated carbocycles. The molecule has 0 aliphatic rings. The summed E-state index contributed by atoms with van der Waals surface area (Å²) in [6.07, 6.45) is 3.35. The molecule has 0 amide bonds. The molecule has 0 saturated heterocycles. The highest BCUT2D eigenvalue weighted by molar-refractivity contribution is 6.30. The molecule has 22 heavy (non-hydrogen) atoms. The van der Waals surface area contributed by atoms with Gasteiger partial charge in [0.2, 0.25) is 0 Å². The predicted molar refractivity (Wildman–Crippen MR) is 89.8 cm³/mol. The number of hydrogen-bond donors (Lipinski definition) is 1. The van der Waals surface area contributed by atoms with E-state index in [1.54, 1.807) is 12.3 Å². The average Bonchev–Trinajstić information content (AvgIpc) is 2.45. The van der Waals surface area contributed by atoms with Crippen LogP contribution in [0.25, 0.3) is 17.2 Å². The van der Waals surface area contributed by atoms with Crippen LogP contribution in [0.1, 0.15) is 26.5 Å². The first kappa shape index (κ1) is 16.2. The molecule has 1 aromatic heterocycles. The van der Waals surface area contributed by atoms with Gasteiger partial charge in [-0.3, -0.25) is 4.98 Å². The summed E-state index contributed by atoms with van der Waals surface area (Å²) in [6.45, 7) is 5.61. The number of rotatable bonds is 3. The minimum Gasteiger partial charge on any atom is -0.478 e. The molecule has 0 unspecified atom stereocenters. The molecule has 4 heteroatoms. The van der Waals surface area contributed by atoms with Crippen molar-refractivity contribution in [2.45, 2.75) is 20.8 Å². The lowest BCUT2D eigenvalue weighted by Gasteiger charge is -2.19. The first-order chi connectivity index (χ1) is 10.3. The molecule has 1 heterocycles. The highest BCUT2D eigenvalue weighted by Gasteiger charge is 2.23. The summed E-state index contributed by atoms with van der Waals surface area (Å²) in [5.74, 6) is -0.920. The Bertz CT molecular complexity index is 695. The van der Waals surface area contributed by atoms with Crippen LogP contribution in [0.3, 0.4) is 0 Å². The molecule has 114 valence electrons. The highest BCUT2D eigenvalue weighted by Crippen LogP contribution is 2.27. The van der Waals surface area contributed by atoms with Gasteiger partial charge in [0.25, 0.3) is 0 Å². The van der Waals surface area contributed by atoms with Gasteiger partial charge in [0.05, 0.1) is 5.69 Å². The van der Waals surface area contributed by atoms with Gasteiger partial charge in [0.1, 0.15) is 0 Å². The molecule has 0 atom stereocenters. The summed E-state index contributed by atoms with van der Waals surface area (Å²) in [5, 5.41) is 10.0. The number of carboxylic acid groups (broad SMARTS) is 1. The van der Waals surface area contributed by atoms with E-state index in [1.165, 1.54) is 0 Å². The minimum absolute atomic E-state index is 0.333. The monoisotopic (exact) mass is 315 g/mol. The Morgan fingerprint density at radius 2 is 1.68 bits per heavy atom. The van der Waals surface area contributed by atoms with Crippen LogP contribution >= 0.6 is 11.6 Å². The molecular formula is C18H18ClNO2. The van der Waals surface area contributed by atoms with Crippen LogP contribution in [-0.4, -0.2) is 16.1 Å². The fraction of sp³-hybridized carbons (Fsp3) is 0.222. The van der Waals surface area contributed by atoms with E-state index < -0.39 is 11.4 Å². The maximum atomic E-state index is 11.4. The van der Waals surface area contributed by atoms with Crippen molar-refractivity contribution in [3.05, 3.63) is 58.9 Å². The summed E-state index contributed by atoms with van der Waals surface area (Å²) in [5.41, 5.74) is 2.50. The average molecular weight is 316 g/mol. The van der Waals surface area contributed by atoms with E-state index in [0.717, 1.165) is 11.1 Å². The number of carboxylic acids is 1. The summed E-state index contributed by atoms with van der Waals surface area (Å²) in [4.78, 5) is 15.7. The Labute approximate surface area is 135 Å². The predicted octanol–water partition coefficient (Wildman–Crippen LogP) is 4.92. The number of aromatic nitrogens is 1. The second-order valence-electron chi connectivity index (χ2n) is 6.09.